The Bertz CT molecular complexity index is 588. The molecule has 0 spiro atoms. The van der Waals surface area contributed by atoms with Gasteiger partial charge in [0.15, 0.2) is 5.82 Å². The van der Waals surface area contributed by atoms with Crippen molar-refractivity contribution in [3.63, 3.8) is 0 Å². The van der Waals surface area contributed by atoms with Crippen LogP contribution in [0.1, 0.15) is 5.82 Å². The van der Waals surface area contributed by atoms with E-state index in [-0.39, 0.29) is 0 Å². The van der Waals surface area contributed by atoms with E-state index in [1.54, 1.807) is 0 Å². The number of hydrogen-bond donors (Lipinski definition) is 0. The van der Waals surface area contributed by atoms with Crippen LogP contribution in [0, 0.1) is 0 Å². The molecule has 0 bridgehead atoms. The van der Waals surface area contributed by atoms with Gasteiger partial charge in [-0.25, -0.2) is 4.68 Å². The Labute approximate surface area is 96.1 Å². The van der Waals surface area contributed by atoms with Crippen LogP contribution in [0.4, 0.5) is 0 Å². The van der Waals surface area contributed by atoms with Gasteiger partial charge in [-0.3, -0.25) is 0 Å². The lowest BCUT2D eigenvalue weighted by Gasteiger charge is -1.91. The summed E-state index contributed by atoms with van der Waals surface area (Å²) in [5.74, 6) is 1.03. The fourth-order valence-corrected chi connectivity index (χ4v) is 1.41. The molecule has 7 heteroatoms. The van der Waals surface area contributed by atoms with Crippen LogP contribution in [0.3, 0.4) is 0 Å². The summed E-state index contributed by atoms with van der Waals surface area (Å²) in [6.45, 7) is 0.392. The van der Waals surface area contributed by atoms with Crippen molar-refractivity contribution in [1.82, 2.24) is 30.3 Å². The molecule has 2 aromatic heterocycles. The Kier molecular flexibility index (Phi) is 2.34. The third-order valence-corrected chi connectivity index (χ3v) is 2.18. The number of rotatable bonds is 3. The Morgan fingerprint density at radius 1 is 1.18 bits per heavy atom. The second kappa shape index (κ2) is 4.12. The van der Waals surface area contributed by atoms with Gasteiger partial charge in [0.25, 0.3) is 5.89 Å². The monoisotopic (exact) mass is 228 g/mol. The highest BCUT2D eigenvalue weighted by Gasteiger charge is 2.08. The summed E-state index contributed by atoms with van der Waals surface area (Å²) in [5.41, 5.74) is 0.892. The first-order valence-corrected chi connectivity index (χ1v) is 5.00. The smallest absolute Gasteiger partial charge is 0.257 e. The molecule has 0 radical (unpaired) electrons. The number of benzene rings is 1. The first kappa shape index (κ1) is 9.64. The van der Waals surface area contributed by atoms with Gasteiger partial charge >= 0.3 is 0 Å². The zero-order valence-corrected chi connectivity index (χ0v) is 8.76. The van der Waals surface area contributed by atoms with E-state index in [1.165, 1.54) is 11.0 Å². The Morgan fingerprint density at radius 2 is 2.06 bits per heavy atom. The Morgan fingerprint density at radius 3 is 2.82 bits per heavy atom. The average molecular weight is 228 g/mol. The zero-order valence-electron chi connectivity index (χ0n) is 8.76. The summed E-state index contributed by atoms with van der Waals surface area (Å²) in [4.78, 5) is 4.26. The van der Waals surface area contributed by atoms with Gasteiger partial charge in [-0.15, -0.1) is 5.10 Å². The molecule has 0 aliphatic rings. The second-order valence-corrected chi connectivity index (χ2v) is 3.39. The lowest BCUT2D eigenvalue weighted by molar-refractivity contribution is 0.418. The second-order valence-electron chi connectivity index (χ2n) is 3.39. The van der Waals surface area contributed by atoms with E-state index in [0.717, 1.165) is 5.56 Å². The van der Waals surface area contributed by atoms with Gasteiger partial charge in [0.05, 0.1) is 0 Å². The lowest BCUT2D eigenvalue weighted by atomic mass is 10.2. The third-order valence-electron chi connectivity index (χ3n) is 2.18. The summed E-state index contributed by atoms with van der Waals surface area (Å²) >= 11 is 0. The lowest BCUT2D eigenvalue weighted by Crippen LogP contribution is -2.02. The van der Waals surface area contributed by atoms with E-state index in [2.05, 4.69) is 25.7 Å². The van der Waals surface area contributed by atoms with Crippen LogP contribution in [-0.2, 0) is 6.54 Å². The summed E-state index contributed by atoms with van der Waals surface area (Å²) in [7, 11) is 0. The summed E-state index contributed by atoms with van der Waals surface area (Å²) in [6, 6.07) is 9.59. The van der Waals surface area contributed by atoms with Crippen LogP contribution >= 0.6 is 0 Å². The van der Waals surface area contributed by atoms with Crippen LogP contribution in [0.15, 0.2) is 41.2 Å². The summed E-state index contributed by atoms with van der Waals surface area (Å²) in [6.07, 6.45) is 1.50. The minimum Gasteiger partial charge on any atom is -0.334 e. The van der Waals surface area contributed by atoms with Crippen molar-refractivity contribution in [1.29, 1.82) is 0 Å². The molecule has 0 saturated carbocycles. The maximum Gasteiger partial charge on any atom is 0.257 e. The summed E-state index contributed by atoms with van der Waals surface area (Å²) < 4.78 is 6.68. The van der Waals surface area contributed by atoms with Crippen molar-refractivity contribution in [3.05, 3.63) is 42.5 Å². The van der Waals surface area contributed by atoms with Crippen LogP contribution in [0.25, 0.3) is 11.5 Å². The third kappa shape index (κ3) is 2.03. The SMILES string of the molecule is c1ccc(-c2nc(Cn3cnnn3)no2)cc1. The maximum atomic E-state index is 5.16. The van der Waals surface area contributed by atoms with Gasteiger partial charge in [-0.1, -0.05) is 23.4 Å². The number of tetrazole rings is 1. The average Bonchev–Trinajstić information content (AvgIpc) is 3.02. The van der Waals surface area contributed by atoms with E-state index in [0.29, 0.717) is 18.3 Å². The predicted octanol–water partition coefficient (Wildman–Crippen LogP) is 0.771. The molecule has 0 saturated heterocycles. The van der Waals surface area contributed by atoms with Crippen LogP contribution in [-0.4, -0.2) is 30.3 Å². The van der Waals surface area contributed by atoms with Crippen molar-refractivity contribution >= 4 is 0 Å². The van der Waals surface area contributed by atoms with Crippen molar-refractivity contribution in [2.75, 3.05) is 0 Å². The minimum atomic E-state index is 0.392. The molecule has 0 fully saturated rings. The van der Waals surface area contributed by atoms with E-state index >= 15 is 0 Å². The van der Waals surface area contributed by atoms with Gasteiger partial charge < -0.3 is 4.52 Å². The highest BCUT2D eigenvalue weighted by molar-refractivity contribution is 5.51. The molecule has 0 unspecified atom stereocenters. The largest absolute Gasteiger partial charge is 0.334 e. The molecular weight excluding hydrogens is 220 g/mol. The standard InChI is InChI=1S/C10H8N6O/c1-2-4-8(5-3-1)10-12-9(13-17-10)6-16-7-11-14-15-16/h1-5,7H,6H2. The predicted molar refractivity (Wildman–Crippen MR) is 56.7 cm³/mol. The van der Waals surface area contributed by atoms with Crippen molar-refractivity contribution in [3.8, 4) is 11.5 Å². The van der Waals surface area contributed by atoms with Gasteiger partial charge in [-0.2, -0.15) is 4.98 Å². The van der Waals surface area contributed by atoms with Gasteiger partial charge in [0, 0.05) is 5.56 Å². The van der Waals surface area contributed by atoms with Crippen molar-refractivity contribution < 1.29 is 4.52 Å². The van der Waals surface area contributed by atoms with E-state index in [4.69, 9.17) is 4.52 Å². The molecule has 2 heterocycles. The van der Waals surface area contributed by atoms with Gasteiger partial charge in [0.1, 0.15) is 12.9 Å². The highest BCUT2D eigenvalue weighted by atomic mass is 16.5. The molecular formula is C10H8N6O. The quantitative estimate of drug-likeness (QED) is 0.658. The molecule has 1 aromatic carbocycles. The normalized spacial score (nSPS) is 10.6. The topological polar surface area (TPSA) is 82.5 Å². The molecule has 0 N–H and O–H groups in total. The van der Waals surface area contributed by atoms with Crippen LogP contribution in [0.5, 0.6) is 0 Å². The fourth-order valence-electron chi connectivity index (χ4n) is 1.41. The number of aromatic nitrogens is 6. The molecule has 0 aliphatic carbocycles. The fraction of sp³-hybridized carbons (Fsp3) is 0.100. The van der Waals surface area contributed by atoms with E-state index < -0.39 is 0 Å². The van der Waals surface area contributed by atoms with E-state index in [9.17, 15) is 0 Å². The minimum absolute atomic E-state index is 0.392. The number of nitrogens with zero attached hydrogens (tertiary/aromatic N) is 6. The first-order valence-electron chi connectivity index (χ1n) is 5.00. The molecule has 3 rings (SSSR count). The highest BCUT2D eigenvalue weighted by Crippen LogP contribution is 2.15. The molecule has 84 valence electrons. The maximum absolute atomic E-state index is 5.16. The molecule has 0 aliphatic heterocycles. The van der Waals surface area contributed by atoms with Crippen LogP contribution < -0.4 is 0 Å². The number of hydrogen-bond acceptors (Lipinski definition) is 6. The van der Waals surface area contributed by atoms with Crippen molar-refractivity contribution in [2.24, 2.45) is 0 Å². The first-order chi connectivity index (χ1) is 8.42. The van der Waals surface area contributed by atoms with Gasteiger partial charge in [-0.05, 0) is 22.6 Å². The van der Waals surface area contributed by atoms with Crippen molar-refractivity contribution in [2.45, 2.75) is 6.54 Å². The zero-order chi connectivity index (χ0) is 11.5. The van der Waals surface area contributed by atoms with Gasteiger partial charge in [0.2, 0.25) is 0 Å². The molecule has 7 nitrogen and oxygen atoms in total. The summed E-state index contributed by atoms with van der Waals surface area (Å²) in [5, 5.41) is 14.7. The van der Waals surface area contributed by atoms with E-state index in [1.807, 2.05) is 30.3 Å². The molecule has 3 aromatic rings. The Hall–Kier alpha value is -2.57. The molecule has 0 amide bonds. The molecule has 0 atom stereocenters. The molecule has 17 heavy (non-hydrogen) atoms. The van der Waals surface area contributed by atoms with Crippen LogP contribution in [0.2, 0.25) is 0 Å². The Balaban J connectivity index is 1.84.